The standard InChI is InChI=1S/C26H25NO7S/c1-17-4-5-18(2)25(12-17)35(29,30)34-22-10-6-19(13-23(22)31-3)8-11-26(28)27-15-20-7-9-21-24(14-20)33-16-32-21/h4-14H,15-16H2,1-3H3,(H,27,28)/b11-8+. The van der Waals surface area contributed by atoms with E-state index in [1.165, 1.54) is 19.3 Å². The normalized spacial score (nSPS) is 12.5. The van der Waals surface area contributed by atoms with Crippen LogP contribution < -0.4 is 23.7 Å². The quantitative estimate of drug-likeness (QED) is 0.370. The number of benzene rings is 3. The molecule has 9 heteroatoms. The number of aryl methyl sites for hydroxylation is 2. The molecule has 0 fully saturated rings. The summed E-state index contributed by atoms with van der Waals surface area (Å²) in [5.74, 6) is 1.32. The molecule has 0 bridgehead atoms. The van der Waals surface area contributed by atoms with Gasteiger partial charge in [-0.05, 0) is 72.5 Å². The molecule has 1 amide bonds. The molecule has 3 aromatic rings. The van der Waals surface area contributed by atoms with Gasteiger partial charge in [0.25, 0.3) is 0 Å². The monoisotopic (exact) mass is 495 g/mol. The van der Waals surface area contributed by atoms with Crippen molar-refractivity contribution < 1.29 is 31.6 Å². The smallest absolute Gasteiger partial charge is 0.339 e. The lowest BCUT2D eigenvalue weighted by atomic mass is 10.2. The number of carbonyl (C=O) groups is 1. The van der Waals surface area contributed by atoms with Gasteiger partial charge in [-0.3, -0.25) is 4.79 Å². The Morgan fingerprint density at radius 2 is 1.80 bits per heavy atom. The van der Waals surface area contributed by atoms with E-state index in [1.54, 1.807) is 43.3 Å². The minimum Gasteiger partial charge on any atom is -0.493 e. The highest BCUT2D eigenvalue weighted by Crippen LogP contribution is 2.33. The van der Waals surface area contributed by atoms with E-state index in [-0.39, 0.29) is 29.1 Å². The van der Waals surface area contributed by atoms with E-state index in [9.17, 15) is 13.2 Å². The summed E-state index contributed by atoms with van der Waals surface area (Å²) >= 11 is 0. The largest absolute Gasteiger partial charge is 0.493 e. The van der Waals surface area contributed by atoms with E-state index in [4.69, 9.17) is 18.4 Å². The van der Waals surface area contributed by atoms with Crippen LogP contribution in [0.1, 0.15) is 22.3 Å². The number of nitrogens with one attached hydrogen (secondary N) is 1. The lowest BCUT2D eigenvalue weighted by molar-refractivity contribution is -0.116. The van der Waals surface area contributed by atoms with Crippen LogP contribution in [-0.2, 0) is 21.5 Å². The highest BCUT2D eigenvalue weighted by atomic mass is 32.2. The van der Waals surface area contributed by atoms with E-state index < -0.39 is 10.1 Å². The molecule has 8 nitrogen and oxygen atoms in total. The minimum absolute atomic E-state index is 0.0535. The predicted molar refractivity (Wildman–Crippen MR) is 130 cm³/mol. The number of rotatable bonds is 8. The first-order chi connectivity index (χ1) is 16.7. The van der Waals surface area contributed by atoms with Crippen molar-refractivity contribution in [2.24, 2.45) is 0 Å². The first-order valence-electron chi connectivity index (χ1n) is 10.8. The van der Waals surface area contributed by atoms with Crippen molar-refractivity contribution in [2.45, 2.75) is 25.3 Å². The van der Waals surface area contributed by atoms with Crippen molar-refractivity contribution in [3.8, 4) is 23.0 Å². The molecule has 0 aliphatic carbocycles. The van der Waals surface area contributed by atoms with Crippen LogP contribution in [0.2, 0.25) is 0 Å². The van der Waals surface area contributed by atoms with E-state index >= 15 is 0 Å². The Morgan fingerprint density at radius 1 is 1.00 bits per heavy atom. The Hall–Kier alpha value is -3.98. The summed E-state index contributed by atoms with van der Waals surface area (Å²) in [4.78, 5) is 12.4. The second kappa shape index (κ2) is 10.1. The number of fused-ring (bicyclic) bond motifs is 1. The zero-order valence-corrected chi connectivity index (χ0v) is 20.3. The molecule has 0 saturated carbocycles. The molecule has 1 aliphatic rings. The lowest BCUT2D eigenvalue weighted by Gasteiger charge is -2.13. The summed E-state index contributed by atoms with van der Waals surface area (Å²) in [7, 11) is -2.64. The fraction of sp³-hybridized carbons (Fsp3) is 0.192. The van der Waals surface area contributed by atoms with Crippen molar-refractivity contribution in [3.05, 3.63) is 82.9 Å². The maximum absolute atomic E-state index is 12.8. The molecule has 1 aliphatic heterocycles. The van der Waals surface area contributed by atoms with E-state index in [2.05, 4.69) is 5.32 Å². The third kappa shape index (κ3) is 5.75. The molecule has 35 heavy (non-hydrogen) atoms. The molecule has 4 rings (SSSR count). The zero-order valence-electron chi connectivity index (χ0n) is 19.5. The van der Waals surface area contributed by atoms with Crippen LogP contribution >= 0.6 is 0 Å². The van der Waals surface area contributed by atoms with E-state index in [0.717, 1.165) is 11.1 Å². The Kier molecular flexibility index (Phi) is 6.97. The number of ether oxygens (including phenoxy) is 3. The molecule has 3 aromatic carbocycles. The highest BCUT2D eigenvalue weighted by molar-refractivity contribution is 7.87. The second-order valence-electron chi connectivity index (χ2n) is 7.96. The average Bonchev–Trinajstić information content (AvgIpc) is 3.31. The van der Waals surface area contributed by atoms with Gasteiger partial charge in [0.05, 0.1) is 7.11 Å². The van der Waals surface area contributed by atoms with Crippen molar-refractivity contribution in [3.63, 3.8) is 0 Å². The van der Waals surface area contributed by atoms with Crippen LogP contribution in [0.5, 0.6) is 23.0 Å². The van der Waals surface area contributed by atoms with Gasteiger partial charge in [0.1, 0.15) is 4.90 Å². The number of carbonyl (C=O) groups excluding carboxylic acids is 1. The maximum Gasteiger partial charge on any atom is 0.339 e. The van der Waals surface area contributed by atoms with Gasteiger partial charge in [0.2, 0.25) is 12.7 Å². The van der Waals surface area contributed by atoms with Gasteiger partial charge in [-0.25, -0.2) is 0 Å². The molecule has 0 radical (unpaired) electrons. The van der Waals surface area contributed by atoms with Crippen LogP contribution in [0, 0.1) is 13.8 Å². The molecule has 0 saturated heterocycles. The molecule has 0 aromatic heterocycles. The molecular formula is C26H25NO7S. The molecule has 1 N–H and O–H groups in total. The first-order valence-corrected chi connectivity index (χ1v) is 12.2. The number of hydrogen-bond acceptors (Lipinski definition) is 7. The van der Waals surface area contributed by atoms with Gasteiger partial charge in [-0.1, -0.05) is 24.3 Å². The van der Waals surface area contributed by atoms with Gasteiger partial charge >= 0.3 is 10.1 Å². The van der Waals surface area contributed by atoms with Gasteiger partial charge in [0.15, 0.2) is 23.0 Å². The van der Waals surface area contributed by atoms with E-state index in [1.807, 2.05) is 25.1 Å². The summed E-state index contributed by atoms with van der Waals surface area (Å²) in [6.45, 7) is 4.04. The van der Waals surface area contributed by atoms with E-state index in [0.29, 0.717) is 29.2 Å². The fourth-order valence-corrected chi connectivity index (χ4v) is 4.72. The lowest BCUT2D eigenvalue weighted by Crippen LogP contribution is -2.20. The Morgan fingerprint density at radius 3 is 2.60 bits per heavy atom. The third-order valence-electron chi connectivity index (χ3n) is 5.33. The minimum atomic E-state index is -4.05. The van der Waals surface area contributed by atoms with Crippen LogP contribution in [0.15, 0.2) is 65.6 Å². The van der Waals surface area contributed by atoms with Gasteiger partial charge < -0.3 is 23.7 Å². The number of methoxy groups -OCH3 is 1. The number of hydrogen-bond donors (Lipinski definition) is 1. The molecule has 0 atom stereocenters. The average molecular weight is 496 g/mol. The summed E-state index contributed by atoms with van der Waals surface area (Å²) < 4.78 is 47.0. The summed E-state index contributed by atoms with van der Waals surface area (Å²) in [5, 5.41) is 2.80. The Labute approximate surface area is 204 Å². The highest BCUT2D eigenvalue weighted by Gasteiger charge is 2.21. The van der Waals surface area contributed by atoms with Crippen LogP contribution in [0.3, 0.4) is 0 Å². The SMILES string of the molecule is COc1cc(/C=C/C(=O)NCc2ccc3c(c2)OCO3)ccc1OS(=O)(=O)c1cc(C)ccc1C. The van der Waals surface area contributed by atoms with Gasteiger partial charge in [-0.15, -0.1) is 0 Å². The third-order valence-corrected chi connectivity index (χ3v) is 6.71. The molecule has 182 valence electrons. The second-order valence-corrected chi connectivity index (χ2v) is 9.47. The van der Waals surface area contributed by atoms with Crippen molar-refractivity contribution in [1.29, 1.82) is 0 Å². The maximum atomic E-state index is 12.8. The van der Waals surface area contributed by atoms with Crippen LogP contribution in [0.4, 0.5) is 0 Å². The van der Waals surface area contributed by atoms with Crippen LogP contribution in [0.25, 0.3) is 6.08 Å². The Bertz CT molecular complexity index is 1400. The topological polar surface area (TPSA) is 100 Å². The first kappa shape index (κ1) is 24.2. The molecular weight excluding hydrogens is 470 g/mol. The Balaban J connectivity index is 1.42. The fourth-order valence-electron chi connectivity index (χ4n) is 3.47. The zero-order chi connectivity index (χ0) is 25.0. The van der Waals surface area contributed by atoms with Crippen molar-refractivity contribution in [2.75, 3.05) is 13.9 Å². The molecule has 0 unspecified atom stereocenters. The van der Waals surface area contributed by atoms with Gasteiger partial charge in [0, 0.05) is 12.6 Å². The summed E-state index contributed by atoms with van der Waals surface area (Å²) in [5.41, 5.74) is 2.91. The predicted octanol–water partition coefficient (Wildman–Crippen LogP) is 4.14. The van der Waals surface area contributed by atoms with Crippen molar-refractivity contribution in [1.82, 2.24) is 5.32 Å². The van der Waals surface area contributed by atoms with Crippen molar-refractivity contribution >= 4 is 22.1 Å². The number of amides is 1. The summed E-state index contributed by atoms with van der Waals surface area (Å²) in [6.07, 6.45) is 2.98. The molecule has 0 spiro atoms. The van der Waals surface area contributed by atoms with Crippen LogP contribution in [-0.4, -0.2) is 28.2 Å². The van der Waals surface area contributed by atoms with Gasteiger partial charge in [-0.2, -0.15) is 8.42 Å². The summed E-state index contributed by atoms with van der Waals surface area (Å²) in [6, 6.07) is 15.3. The molecule has 1 heterocycles.